The van der Waals surface area contributed by atoms with Gasteiger partial charge in [-0.1, -0.05) is 0 Å². The molecule has 2 unspecified atom stereocenters. The van der Waals surface area contributed by atoms with E-state index in [1.807, 2.05) is 13.8 Å². The molecule has 1 aromatic rings. The van der Waals surface area contributed by atoms with Crippen LogP contribution in [0.1, 0.15) is 24.2 Å². The smallest absolute Gasteiger partial charge is 0.231 e. The number of benzene rings is 1. The lowest BCUT2D eigenvalue weighted by Crippen LogP contribution is -2.47. The summed E-state index contributed by atoms with van der Waals surface area (Å²) in [5.74, 6) is 1.46. The minimum absolute atomic E-state index is 0.101. The minimum atomic E-state index is 0.101. The van der Waals surface area contributed by atoms with Crippen LogP contribution in [0, 0.1) is 0 Å². The van der Waals surface area contributed by atoms with Crippen molar-refractivity contribution in [1.29, 1.82) is 0 Å². The van der Waals surface area contributed by atoms with Gasteiger partial charge in [0.1, 0.15) is 0 Å². The van der Waals surface area contributed by atoms with Crippen LogP contribution in [0.15, 0.2) is 18.2 Å². The van der Waals surface area contributed by atoms with Gasteiger partial charge in [-0.15, -0.1) is 0 Å². The number of hydrogen-bond acceptors (Lipinski definition) is 5. The lowest BCUT2D eigenvalue weighted by atomic mass is 10.1. The van der Waals surface area contributed by atoms with Crippen molar-refractivity contribution in [3.63, 3.8) is 0 Å². The molecule has 3 rings (SSSR count). The third kappa shape index (κ3) is 2.78. The molecule has 20 heavy (non-hydrogen) atoms. The molecule has 5 heteroatoms. The molecule has 2 aliphatic heterocycles. The van der Waals surface area contributed by atoms with E-state index in [1.165, 1.54) is 0 Å². The Kier molecular flexibility index (Phi) is 3.63. The molecule has 0 aromatic heterocycles. The monoisotopic (exact) mass is 277 g/mol. The van der Waals surface area contributed by atoms with E-state index in [9.17, 15) is 4.79 Å². The zero-order chi connectivity index (χ0) is 14.1. The quantitative estimate of drug-likeness (QED) is 0.787. The van der Waals surface area contributed by atoms with Crippen LogP contribution in [0.4, 0.5) is 0 Å². The number of ether oxygens (including phenoxy) is 3. The van der Waals surface area contributed by atoms with E-state index in [4.69, 9.17) is 14.2 Å². The fraction of sp³-hybridized carbons (Fsp3) is 0.533. The molecule has 0 saturated carbocycles. The van der Waals surface area contributed by atoms with E-state index >= 15 is 0 Å². The zero-order valence-electron chi connectivity index (χ0n) is 11.8. The summed E-state index contributed by atoms with van der Waals surface area (Å²) in [6.45, 7) is 6.30. The van der Waals surface area contributed by atoms with E-state index in [2.05, 4.69) is 4.90 Å². The predicted octanol–water partition coefficient (Wildman–Crippen LogP) is 1.71. The van der Waals surface area contributed by atoms with Crippen LogP contribution in [0.2, 0.25) is 0 Å². The molecule has 0 radical (unpaired) electrons. The van der Waals surface area contributed by atoms with E-state index in [0.717, 1.165) is 13.1 Å². The summed E-state index contributed by atoms with van der Waals surface area (Å²) in [4.78, 5) is 14.5. The van der Waals surface area contributed by atoms with Crippen molar-refractivity contribution in [3.8, 4) is 11.5 Å². The Morgan fingerprint density at radius 1 is 1.20 bits per heavy atom. The number of fused-ring (bicyclic) bond motifs is 1. The van der Waals surface area contributed by atoms with Crippen LogP contribution in [0.25, 0.3) is 0 Å². The molecular formula is C15H19NO4. The molecular weight excluding hydrogens is 258 g/mol. The van der Waals surface area contributed by atoms with Gasteiger partial charge in [0, 0.05) is 18.7 Å². The number of carbonyl (C=O) groups is 1. The van der Waals surface area contributed by atoms with Crippen LogP contribution < -0.4 is 9.47 Å². The van der Waals surface area contributed by atoms with Gasteiger partial charge in [-0.3, -0.25) is 9.69 Å². The van der Waals surface area contributed by atoms with Crippen molar-refractivity contribution in [2.75, 3.05) is 26.4 Å². The predicted molar refractivity (Wildman–Crippen MR) is 73.3 cm³/mol. The highest BCUT2D eigenvalue weighted by Crippen LogP contribution is 2.32. The number of carbonyl (C=O) groups excluding carboxylic acids is 1. The Balaban J connectivity index is 1.67. The Bertz CT molecular complexity index is 507. The van der Waals surface area contributed by atoms with Gasteiger partial charge in [0.2, 0.25) is 6.79 Å². The van der Waals surface area contributed by atoms with Crippen LogP contribution in [-0.4, -0.2) is 49.3 Å². The Hall–Kier alpha value is -1.59. The second kappa shape index (κ2) is 5.42. The molecule has 1 aromatic carbocycles. The van der Waals surface area contributed by atoms with E-state index in [0.29, 0.717) is 23.6 Å². The Labute approximate surface area is 118 Å². The molecule has 0 aliphatic carbocycles. The van der Waals surface area contributed by atoms with Crippen LogP contribution in [0.5, 0.6) is 11.5 Å². The van der Waals surface area contributed by atoms with Gasteiger partial charge in [-0.25, -0.2) is 0 Å². The Morgan fingerprint density at radius 2 is 1.90 bits per heavy atom. The first-order valence-electron chi connectivity index (χ1n) is 6.92. The fourth-order valence-corrected chi connectivity index (χ4v) is 2.78. The van der Waals surface area contributed by atoms with E-state index < -0.39 is 0 Å². The molecule has 1 fully saturated rings. The summed E-state index contributed by atoms with van der Waals surface area (Å²) in [7, 11) is 0. The molecule has 1 saturated heterocycles. The van der Waals surface area contributed by atoms with Gasteiger partial charge >= 0.3 is 0 Å². The Morgan fingerprint density at radius 3 is 2.65 bits per heavy atom. The number of nitrogens with zero attached hydrogens (tertiary/aromatic N) is 1. The summed E-state index contributed by atoms with van der Waals surface area (Å²) in [5.41, 5.74) is 0.668. The average Bonchev–Trinajstić information content (AvgIpc) is 2.84. The van der Waals surface area contributed by atoms with Crippen molar-refractivity contribution in [2.45, 2.75) is 26.1 Å². The number of morpholine rings is 1. The fourth-order valence-electron chi connectivity index (χ4n) is 2.78. The first kappa shape index (κ1) is 13.4. The highest BCUT2D eigenvalue weighted by atomic mass is 16.7. The molecule has 108 valence electrons. The number of rotatable bonds is 3. The maximum atomic E-state index is 12.3. The SMILES string of the molecule is CC1CN(CC(=O)c2ccc3c(c2)OCO3)CC(C)O1. The molecule has 0 amide bonds. The van der Waals surface area contributed by atoms with Crippen LogP contribution >= 0.6 is 0 Å². The third-order valence-electron chi connectivity index (χ3n) is 3.56. The van der Waals surface area contributed by atoms with Crippen molar-refractivity contribution >= 4 is 5.78 Å². The van der Waals surface area contributed by atoms with Crippen LogP contribution in [0.3, 0.4) is 0 Å². The summed E-state index contributed by atoms with van der Waals surface area (Å²) >= 11 is 0. The topological polar surface area (TPSA) is 48.0 Å². The summed E-state index contributed by atoms with van der Waals surface area (Å²) in [6.07, 6.45) is 0.339. The lowest BCUT2D eigenvalue weighted by Gasteiger charge is -2.34. The van der Waals surface area contributed by atoms with Gasteiger partial charge in [0.25, 0.3) is 0 Å². The normalized spacial score (nSPS) is 25.7. The molecule has 0 N–H and O–H groups in total. The highest BCUT2D eigenvalue weighted by molar-refractivity contribution is 5.98. The number of hydrogen-bond donors (Lipinski definition) is 0. The molecule has 2 heterocycles. The van der Waals surface area contributed by atoms with E-state index in [1.54, 1.807) is 18.2 Å². The molecule has 0 spiro atoms. The van der Waals surface area contributed by atoms with Gasteiger partial charge in [-0.2, -0.15) is 0 Å². The van der Waals surface area contributed by atoms with Gasteiger partial charge in [0.15, 0.2) is 17.3 Å². The maximum Gasteiger partial charge on any atom is 0.231 e. The second-order valence-corrected chi connectivity index (χ2v) is 5.44. The van der Waals surface area contributed by atoms with Gasteiger partial charge in [-0.05, 0) is 32.0 Å². The molecule has 2 aliphatic rings. The largest absolute Gasteiger partial charge is 0.454 e. The van der Waals surface area contributed by atoms with Crippen molar-refractivity contribution in [2.24, 2.45) is 0 Å². The van der Waals surface area contributed by atoms with Crippen molar-refractivity contribution in [3.05, 3.63) is 23.8 Å². The first-order chi connectivity index (χ1) is 9.61. The lowest BCUT2D eigenvalue weighted by molar-refractivity contribution is -0.0652. The standard InChI is InChI=1S/C15H19NO4/c1-10-6-16(7-11(2)20-10)8-13(17)12-3-4-14-15(5-12)19-9-18-14/h3-5,10-11H,6-9H2,1-2H3. The zero-order valence-corrected chi connectivity index (χ0v) is 11.8. The number of Topliss-reactive ketones (excluding diaryl/α,β-unsaturated/α-hetero) is 1. The summed E-state index contributed by atoms with van der Waals surface area (Å²) in [6, 6.07) is 5.35. The molecule has 5 nitrogen and oxygen atoms in total. The summed E-state index contributed by atoms with van der Waals surface area (Å²) < 4.78 is 16.2. The van der Waals surface area contributed by atoms with Gasteiger partial charge < -0.3 is 14.2 Å². The second-order valence-electron chi connectivity index (χ2n) is 5.44. The average molecular weight is 277 g/mol. The molecule has 0 bridgehead atoms. The number of ketones is 1. The van der Waals surface area contributed by atoms with Crippen molar-refractivity contribution in [1.82, 2.24) is 4.90 Å². The third-order valence-corrected chi connectivity index (χ3v) is 3.56. The highest BCUT2D eigenvalue weighted by Gasteiger charge is 2.24. The van der Waals surface area contributed by atoms with Gasteiger partial charge in [0.05, 0.1) is 18.8 Å². The van der Waals surface area contributed by atoms with Crippen LogP contribution in [-0.2, 0) is 4.74 Å². The minimum Gasteiger partial charge on any atom is -0.454 e. The summed E-state index contributed by atoms with van der Waals surface area (Å²) in [5, 5.41) is 0. The van der Waals surface area contributed by atoms with Crippen molar-refractivity contribution < 1.29 is 19.0 Å². The van der Waals surface area contributed by atoms with E-state index in [-0.39, 0.29) is 24.8 Å². The maximum absolute atomic E-state index is 12.3. The first-order valence-corrected chi connectivity index (χ1v) is 6.92. The molecule has 2 atom stereocenters.